The van der Waals surface area contributed by atoms with E-state index in [2.05, 4.69) is 0 Å². The fraction of sp³-hybridized carbons (Fsp3) is 0. The van der Waals surface area contributed by atoms with Crippen molar-refractivity contribution in [1.29, 1.82) is 0 Å². The molecule has 0 spiro atoms. The van der Waals surface area contributed by atoms with Crippen LogP contribution in [0.4, 0.5) is 0 Å². The van der Waals surface area contributed by atoms with Gasteiger partial charge in [0.15, 0.2) is 0 Å². The molecule has 0 saturated heterocycles. The molecular formula is O2ReTi. The average molecular weight is 266 g/mol. The first-order chi connectivity index (χ1) is 0. The number of hydrogen-bond donors (Lipinski definition) is 0. The molecule has 0 aliphatic rings. The molecule has 0 aromatic rings. The van der Waals surface area contributed by atoms with Gasteiger partial charge >= 0.3 is 21.7 Å². The first kappa shape index (κ1) is 58.2. The Morgan fingerprint density at radius 1 is 0.750 bits per heavy atom. The van der Waals surface area contributed by atoms with E-state index in [1.807, 2.05) is 0 Å². The first-order valence-corrected chi connectivity index (χ1v) is 0. The second-order valence-corrected chi connectivity index (χ2v) is 0. The number of hydrogen-bond acceptors (Lipinski definition) is 0. The Kier molecular flexibility index (Phi) is 404. The molecule has 0 aliphatic heterocycles. The minimum Gasteiger partial charge on any atom is -2.00 e. The number of rotatable bonds is 0. The van der Waals surface area contributed by atoms with Crippen LogP contribution in [0.25, 0.3) is 0 Å². The molecule has 23 valence electrons. The predicted octanol–water partition coefficient (Wildman–Crippen LogP) is -0.243. The maximum atomic E-state index is 0. The van der Waals surface area contributed by atoms with Crippen LogP contribution in [0.15, 0.2) is 0 Å². The Labute approximate surface area is 53.1 Å². The van der Waals surface area contributed by atoms with Gasteiger partial charge in [0.1, 0.15) is 0 Å². The smallest absolute Gasteiger partial charge is 2.00 e. The maximum absolute atomic E-state index is 0. The molecule has 0 aromatic heterocycles. The van der Waals surface area contributed by atoms with Crippen molar-refractivity contribution in [3.63, 3.8) is 0 Å². The molecule has 0 amide bonds. The second-order valence-electron chi connectivity index (χ2n) is 0. The van der Waals surface area contributed by atoms with Gasteiger partial charge in [0.05, 0.1) is 0 Å². The fourth-order valence-electron chi connectivity index (χ4n) is 0. The Morgan fingerprint density at radius 2 is 0.750 bits per heavy atom. The largest absolute Gasteiger partial charge is 4.00 e. The van der Waals surface area contributed by atoms with Crippen LogP contribution < -0.4 is 0 Å². The molecule has 0 aliphatic carbocycles. The third-order valence-corrected chi connectivity index (χ3v) is 0. The van der Waals surface area contributed by atoms with Crippen molar-refractivity contribution in [2.75, 3.05) is 0 Å². The van der Waals surface area contributed by atoms with E-state index in [1.54, 1.807) is 0 Å². The average Bonchev–Trinajstić information content (AvgIpc) is 0. The Bertz CT molecular complexity index is 6.00. The predicted molar refractivity (Wildman–Crippen MR) is 1.37 cm³/mol. The van der Waals surface area contributed by atoms with Crippen LogP contribution in [0.2, 0.25) is 0 Å². The van der Waals surface area contributed by atoms with Crippen molar-refractivity contribution in [3.05, 3.63) is 0 Å². The fourth-order valence-corrected chi connectivity index (χ4v) is 0. The zero-order valence-electron chi connectivity index (χ0n) is 1.69. The van der Waals surface area contributed by atoms with Gasteiger partial charge < -0.3 is 11.0 Å². The van der Waals surface area contributed by atoms with Crippen LogP contribution >= 0.6 is 0 Å². The van der Waals surface area contributed by atoms with Gasteiger partial charge in [-0.25, -0.2) is 0 Å². The van der Waals surface area contributed by atoms with E-state index in [9.17, 15) is 0 Å². The minimum absolute atomic E-state index is 0. The molecule has 0 unspecified atom stereocenters. The van der Waals surface area contributed by atoms with Gasteiger partial charge in [-0.05, 0) is 0 Å². The van der Waals surface area contributed by atoms with Gasteiger partial charge in [0.25, 0.3) is 0 Å². The summed E-state index contributed by atoms with van der Waals surface area (Å²) in [5.74, 6) is 0. The van der Waals surface area contributed by atoms with Gasteiger partial charge in [0.2, 0.25) is 0 Å². The third-order valence-electron chi connectivity index (χ3n) is 0. The minimum atomic E-state index is 0. The molecule has 4 heteroatoms. The molecule has 0 atom stereocenters. The third kappa shape index (κ3) is 10.3. The van der Waals surface area contributed by atoms with Crippen molar-refractivity contribution >= 4 is 0 Å². The molecule has 0 aromatic carbocycles. The van der Waals surface area contributed by atoms with E-state index >= 15 is 0 Å². The molecule has 0 N–H and O–H groups in total. The summed E-state index contributed by atoms with van der Waals surface area (Å²) in [7, 11) is 0. The Balaban J connectivity index is 0. The molecular weight excluding hydrogens is 266 g/mol. The topological polar surface area (TPSA) is 57.0 Å². The zero-order valence-corrected chi connectivity index (χ0v) is 5.97. The van der Waals surface area contributed by atoms with Crippen molar-refractivity contribution in [1.82, 2.24) is 0 Å². The summed E-state index contributed by atoms with van der Waals surface area (Å²) in [5, 5.41) is 0. The quantitative estimate of drug-likeness (QED) is 0.543. The van der Waals surface area contributed by atoms with E-state index in [4.69, 9.17) is 0 Å². The normalized spacial score (nSPS) is 0. The molecule has 1 radical (unpaired) electrons. The Hall–Kier alpha value is 1.30. The summed E-state index contributed by atoms with van der Waals surface area (Å²) in [5.41, 5.74) is 0. The van der Waals surface area contributed by atoms with Crippen LogP contribution in [0, 0.1) is 0 Å². The van der Waals surface area contributed by atoms with E-state index in [0.717, 1.165) is 0 Å². The van der Waals surface area contributed by atoms with E-state index in [1.165, 1.54) is 0 Å². The summed E-state index contributed by atoms with van der Waals surface area (Å²) in [6, 6.07) is 0. The second kappa shape index (κ2) is 27.8. The summed E-state index contributed by atoms with van der Waals surface area (Å²) in [6.07, 6.45) is 0. The van der Waals surface area contributed by atoms with Crippen LogP contribution in [0.3, 0.4) is 0 Å². The monoisotopic (exact) mass is 267 g/mol. The zero-order chi connectivity index (χ0) is 0. The van der Waals surface area contributed by atoms with E-state index in [-0.39, 0.29) is 53.1 Å². The molecule has 0 fully saturated rings. The summed E-state index contributed by atoms with van der Waals surface area (Å²) in [6.45, 7) is 0. The molecule has 0 saturated carbocycles. The molecule has 0 bridgehead atoms. The summed E-state index contributed by atoms with van der Waals surface area (Å²) in [4.78, 5) is 0. The summed E-state index contributed by atoms with van der Waals surface area (Å²) < 4.78 is 0. The van der Waals surface area contributed by atoms with Gasteiger partial charge in [-0.2, -0.15) is 0 Å². The van der Waals surface area contributed by atoms with Crippen LogP contribution in [0.5, 0.6) is 0 Å². The molecule has 4 heavy (non-hydrogen) atoms. The molecule has 0 heterocycles. The van der Waals surface area contributed by atoms with Crippen molar-refractivity contribution in [2.24, 2.45) is 0 Å². The summed E-state index contributed by atoms with van der Waals surface area (Å²) >= 11 is 0. The maximum Gasteiger partial charge on any atom is 4.00 e. The van der Waals surface area contributed by atoms with Gasteiger partial charge in [-0.3, -0.25) is 0 Å². The van der Waals surface area contributed by atoms with Crippen LogP contribution in [-0.4, -0.2) is 0 Å². The van der Waals surface area contributed by atoms with Gasteiger partial charge in [-0.15, -0.1) is 0 Å². The van der Waals surface area contributed by atoms with Crippen molar-refractivity contribution < 1.29 is 53.1 Å². The molecule has 2 nitrogen and oxygen atoms in total. The van der Waals surface area contributed by atoms with E-state index < -0.39 is 0 Å². The van der Waals surface area contributed by atoms with Gasteiger partial charge in [0, 0.05) is 20.4 Å². The van der Waals surface area contributed by atoms with Crippen LogP contribution in [-0.2, 0) is 53.1 Å². The first-order valence-electron chi connectivity index (χ1n) is 0. The van der Waals surface area contributed by atoms with Crippen LogP contribution in [0.1, 0.15) is 0 Å². The van der Waals surface area contributed by atoms with Crippen molar-refractivity contribution in [2.45, 2.75) is 0 Å². The van der Waals surface area contributed by atoms with E-state index in [0.29, 0.717) is 0 Å². The molecule has 0 rings (SSSR count). The SMILES string of the molecule is [O-2].[O-2].[Re].[Ti+4]. The van der Waals surface area contributed by atoms with Crippen molar-refractivity contribution in [3.8, 4) is 0 Å². The van der Waals surface area contributed by atoms with Gasteiger partial charge in [-0.1, -0.05) is 0 Å². The standard InChI is InChI=1S/2O.Re.Ti/q2*-2;;+4. The Morgan fingerprint density at radius 3 is 0.750 bits per heavy atom.